The third-order valence-corrected chi connectivity index (χ3v) is 7.45. The van der Waals surface area contributed by atoms with E-state index in [0.717, 1.165) is 65.8 Å². The van der Waals surface area contributed by atoms with Gasteiger partial charge < -0.3 is 8.98 Å². The van der Waals surface area contributed by atoms with Gasteiger partial charge in [-0.1, -0.05) is 60.7 Å². The van der Waals surface area contributed by atoms with Gasteiger partial charge in [0.15, 0.2) is 5.82 Å². The smallest absolute Gasteiger partial charge is 0.227 e. The van der Waals surface area contributed by atoms with E-state index in [0.29, 0.717) is 5.82 Å². The maximum Gasteiger partial charge on any atom is 0.227 e. The van der Waals surface area contributed by atoms with Crippen molar-refractivity contribution in [1.29, 1.82) is 0 Å². The average molecular weight is 531 g/mol. The molecular formula is C31H16Cl2N4O. The van der Waals surface area contributed by atoms with E-state index in [1.807, 2.05) is 36.4 Å². The van der Waals surface area contributed by atoms with Crippen LogP contribution in [0.4, 0.5) is 0 Å². The molecule has 7 heteroatoms. The highest BCUT2D eigenvalue weighted by Crippen LogP contribution is 2.45. The molecule has 0 unspecified atom stereocenters. The summed E-state index contributed by atoms with van der Waals surface area (Å²) in [6.07, 6.45) is 0. The molecule has 0 bridgehead atoms. The first kappa shape index (κ1) is 21.6. The van der Waals surface area contributed by atoms with E-state index in [9.17, 15) is 0 Å². The van der Waals surface area contributed by atoms with Crippen molar-refractivity contribution < 1.29 is 4.42 Å². The third-order valence-electron chi connectivity index (χ3n) is 7.12. The zero-order valence-electron chi connectivity index (χ0n) is 19.7. The number of aromatic nitrogens is 4. The van der Waals surface area contributed by atoms with Gasteiger partial charge in [-0.05, 0) is 65.0 Å². The fourth-order valence-electron chi connectivity index (χ4n) is 5.62. The van der Waals surface area contributed by atoms with Crippen LogP contribution >= 0.6 is 23.2 Å². The minimum Gasteiger partial charge on any atom is -0.455 e. The fraction of sp³-hybridized carbons (Fsp3) is 0. The van der Waals surface area contributed by atoms with Crippen LogP contribution < -0.4 is 0 Å². The van der Waals surface area contributed by atoms with Gasteiger partial charge in [0.05, 0.1) is 11.0 Å². The average Bonchev–Trinajstić information content (AvgIpc) is 3.48. The monoisotopic (exact) mass is 530 g/mol. The van der Waals surface area contributed by atoms with Crippen LogP contribution in [-0.4, -0.2) is 19.5 Å². The van der Waals surface area contributed by atoms with Crippen LogP contribution in [0.15, 0.2) is 101 Å². The number of halogens is 2. The Balaban J connectivity index is 1.67. The number of rotatable bonds is 2. The topological polar surface area (TPSA) is 56.7 Å². The van der Waals surface area contributed by atoms with Crippen LogP contribution in [0.5, 0.6) is 0 Å². The van der Waals surface area contributed by atoms with Crippen molar-refractivity contribution in [3.8, 4) is 17.1 Å². The van der Waals surface area contributed by atoms with Gasteiger partial charge in [0.1, 0.15) is 11.2 Å². The summed E-state index contributed by atoms with van der Waals surface area (Å²) in [7, 11) is 0. The number of hydrogen-bond acceptors (Lipinski definition) is 4. The summed E-state index contributed by atoms with van der Waals surface area (Å²) in [4.78, 5) is 12.9. The molecule has 0 amide bonds. The Morgan fingerprint density at radius 1 is 0.579 bits per heavy atom. The Morgan fingerprint density at radius 3 is 2.08 bits per heavy atom. The van der Waals surface area contributed by atoms with Gasteiger partial charge in [0.2, 0.25) is 10.6 Å². The molecule has 0 fully saturated rings. The predicted octanol–water partition coefficient (Wildman–Crippen LogP) is 9.00. The Bertz CT molecular complexity index is 2200. The van der Waals surface area contributed by atoms with Gasteiger partial charge in [0.25, 0.3) is 0 Å². The van der Waals surface area contributed by atoms with E-state index >= 15 is 0 Å². The second kappa shape index (κ2) is 8.02. The summed E-state index contributed by atoms with van der Waals surface area (Å²) in [6, 6.07) is 33.2. The second-order valence-corrected chi connectivity index (χ2v) is 9.84. The van der Waals surface area contributed by atoms with Crippen molar-refractivity contribution in [1.82, 2.24) is 19.5 Å². The molecule has 0 atom stereocenters. The molecule has 0 aliphatic rings. The zero-order chi connectivity index (χ0) is 25.4. The lowest BCUT2D eigenvalue weighted by Crippen LogP contribution is -1.97. The minimum atomic E-state index is 0.0432. The first-order valence-electron chi connectivity index (χ1n) is 12.1. The van der Waals surface area contributed by atoms with Gasteiger partial charge >= 0.3 is 0 Å². The van der Waals surface area contributed by atoms with E-state index < -0.39 is 0 Å². The molecule has 3 aromatic heterocycles. The maximum atomic E-state index is 6.56. The normalized spacial score (nSPS) is 11.9. The van der Waals surface area contributed by atoms with Crippen molar-refractivity contribution in [3.05, 3.63) is 108 Å². The molecule has 5 nitrogen and oxygen atoms in total. The van der Waals surface area contributed by atoms with Crippen LogP contribution in [0.2, 0.25) is 10.6 Å². The first-order chi connectivity index (χ1) is 18.7. The molecule has 0 aliphatic heterocycles. The fourth-order valence-corrected chi connectivity index (χ4v) is 5.99. The maximum absolute atomic E-state index is 6.56. The lowest BCUT2D eigenvalue weighted by atomic mass is 9.96. The molecule has 38 heavy (non-hydrogen) atoms. The summed E-state index contributed by atoms with van der Waals surface area (Å²) in [5.41, 5.74) is 5.59. The molecule has 180 valence electrons. The summed E-state index contributed by atoms with van der Waals surface area (Å²) in [5.74, 6) is 0.405. The largest absolute Gasteiger partial charge is 0.455 e. The lowest BCUT2D eigenvalue weighted by molar-refractivity contribution is 0.673. The number of furan rings is 1. The van der Waals surface area contributed by atoms with Gasteiger partial charge in [0, 0.05) is 38.2 Å². The molecule has 8 rings (SSSR count). The van der Waals surface area contributed by atoms with E-state index in [-0.39, 0.29) is 10.6 Å². The number of nitrogens with zero attached hydrogens (tertiary/aromatic N) is 4. The van der Waals surface area contributed by atoms with E-state index in [2.05, 4.69) is 80.2 Å². The Kier molecular flexibility index (Phi) is 4.56. The van der Waals surface area contributed by atoms with E-state index in [1.54, 1.807) is 0 Å². The SMILES string of the molecule is Clc1nc(Cl)nc(-c2cc3c(c4ccccc4n3-c3ccccc3)c3c2ccc2c4ccccc4oc23)n1. The molecule has 5 aromatic carbocycles. The molecular weight excluding hydrogens is 515 g/mol. The van der Waals surface area contributed by atoms with Crippen molar-refractivity contribution >= 4 is 77.7 Å². The van der Waals surface area contributed by atoms with Gasteiger partial charge in [-0.15, -0.1) is 0 Å². The van der Waals surface area contributed by atoms with Crippen LogP contribution in [0.25, 0.3) is 71.6 Å². The Hall–Kier alpha value is -4.45. The van der Waals surface area contributed by atoms with Crippen molar-refractivity contribution in [3.63, 3.8) is 0 Å². The molecule has 0 spiro atoms. The van der Waals surface area contributed by atoms with Crippen molar-refractivity contribution in [2.45, 2.75) is 0 Å². The van der Waals surface area contributed by atoms with E-state index in [1.165, 1.54) is 0 Å². The zero-order valence-corrected chi connectivity index (χ0v) is 21.2. The first-order valence-corrected chi connectivity index (χ1v) is 12.9. The third kappa shape index (κ3) is 3.03. The Morgan fingerprint density at radius 2 is 1.26 bits per heavy atom. The van der Waals surface area contributed by atoms with Crippen LogP contribution in [0.1, 0.15) is 0 Å². The molecule has 8 aromatic rings. The second-order valence-electron chi connectivity index (χ2n) is 9.17. The highest BCUT2D eigenvalue weighted by Gasteiger charge is 2.22. The predicted molar refractivity (Wildman–Crippen MR) is 154 cm³/mol. The van der Waals surface area contributed by atoms with Gasteiger partial charge in [-0.25, -0.2) is 0 Å². The highest BCUT2D eigenvalue weighted by atomic mass is 35.5. The summed E-state index contributed by atoms with van der Waals surface area (Å²) >= 11 is 12.5. The molecule has 0 saturated heterocycles. The lowest BCUT2D eigenvalue weighted by Gasteiger charge is -2.12. The standard InChI is InChI=1S/C31H16Cl2N4O/c32-30-34-29(35-31(33)36-30)22-16-24-26(21-11-4-6-12-23(21)37(24)17-8-2-1-3-9-17)27-19(22)14-15-20-18-10-5-7-13-25(18)38-28(20)27/h1-16H. The van der Waals surface area contributed by atoms with E-state index in [4.69, 9.17) is 27.6 Å². The number of benzene rings is 5. The van der Waals surface area contributed by atoms with Crippen LogP contribution in [0, 0.1) is 0 Å². The van der Waals surface area contributed by atoms with Crippen molar-refractivity contribution in [2.24, 2.45) is 0 Å². The summed E-state index contributed by atoms with van der Waals surface area (Å²) < 4.78 is 8.82. The van der Waals surface area contributed by atoms with Gasteiger partial charge in [-0.2, -0.15) is 15.0 Å². The Labute approximate surface area is 225 Å². The van der Waals surface area contributed by atoms with Gasteiger partial charge in [-0.3, -0.25) is 0 Å². The molecule has 0 aliphatic carbocycles. The van der Waals surface area contributed by atoms with Crippen LogP contribution in [-0.2, 0) is 0 Å². The molecule has 0 saturated carbocycles. The molecule has 3 heterocycles. The molecule has 0 radical (unpaired) electrons. The minimum absolute atomic E-state index is 0.0432. The quantitative estimate of drug-likeness (QED) is 0.223. The number of para-hydroxylation sites is 3. The van der Waals surface area contributed by atoms with Crippen molar-refractivity contribution in [2.75, 3.05) is 0 Å². The summed E-state index contributed by atoms with van der Waals surface area (Å²) in [6.45, 7) is 0. The van der Waals surface area contributed by atoms with Crippen LogP contribution in [0.3, 0.4) is 0 Å². The molecule has 0 N–H and O–H groups in total. The number of fused-ring (bicyclic) bond motifs is 9. The number of hydrogen-bond donors (Lipinski definition) is 0. The summed E-state index contributed by atoms with van der Waals surface area (Å²) in [5, 5.41) is 6.36. The highest BCUT2D eigenvalue weighted by molar-refractivity contribution is 6.33.